The van der Waals surface area contributed by atoms with E-state index in [1.54, 1.807) is 18.0 Å². The molecule has 2 heterocycles. The van der Waals surface area contributed by atoms with Crippen molar-refractivity contribution < 1.29 is 9.90 Å². The quantitative estimate of drug-likeness (QED) is 0.822. The number of aryl methyl sites for hydroxylation is 1. The first-order valence-corrected chi connectivity index (χ1v) is 9.66. The normalized spacial score (nSPS) is 16.7. The van der Waals surface area contributed by atoms with Crippen molar-refractivity contribution in [2.24, 2.45) is 13.0 Å². The fraction of sp³-hybridized carbons (Fsp3) is 0.444. The summed E-state index contributed by atoms with van der Waals surface area (Å²) in [5, 5.41) is 13.5. The lowest BCUT2D eigenvalue weighted by atomic mass is 9.91. The molecule has 1 fully saturated rings. The minimum Gasteiger partial charge on any atom is -0.385 e. The second-order valence-electron chi connectivity index (χ2n) is 6.33. The molecule has 1 saturated heterocycles. The maximum atomic E-state index is 12.5. The van der Waals surface area contributed by atoms with Crippen LogP contribution in [-0.4, -0.2) is 44.9 Å². The van der Waals surface area contributed by atoms with Crippen LogP contribution in [0.4, 0.5) is 10.5 Å². The molecule has 7 heteroatoms. The zero-order chi connectivity index (χ0) is 17.8. The summed E-state index contributed by atoms with van der Waals surface area (Å²) in [7, 11) is 1.89. The van der Waals surface area contributed by atoms with Gasteiger partial charge in [0, 0.05) is 43.1 Å². The average Bonchev–Trinajstić information content (AvgIpc) is 3.07. The molecule has 1 aliphatic rings. The topological polar surface area (TPSA) is 70.4 Å². The predicted molar refractivity (Wildman–Crippen MR) is 99.7 cm³/mol. The Labute approximate surface area is 152 Å². The van der Waals surface area contributed by atoms with E-state index in [0.29, 0.717) is 18.9 Å². The van der Waals surface area contributed by atoms with Gasteiger partial charge in [-0.3, -0.25) is 0 Å². The number of aliphatic hydroxyl groups is 1. The van der Waals surface area contributed by atoms with Crippen LogP contribution in [0.25, 0.3) is 0 Å². The standard InChI is InChI=1S/C18H24N4O2S/c1-21-11-8-19-17(21)16(23)13-6-9-22(10-7-13)18(24)20-14-4-3-5-15(12-14)25-2/h3-5,8,11-13,16,23H,6-7,9-10H2,1-2H3,(H,20,24)/t16-/m1/s1. The molecule has 0 saturated carbocycles. The van der Waals surface area contributed by atoms with Gasteiger partial charge in [0.05, 0.1) is 0 Å². The summed E-state index contributed by atoms with van der Waals surface area (Å²) < 4.78 is 1.85. The summed E-state index contributed by atoms with van der Waals surface area (Å²) in [5.41, 5.74) is 0.812. The molecule has 0 radical (unpaired) electrons. The molecule has 6 nitrogen and oxygen atoms in total. The number of piperidine rings is 1. The van der Waals surface area contributed by atoms with Crippen molar-refractivity contribution in [2.75, 3.05) is 24.7 Å². The molecular weight excluding hydrogens is 336 g/mol. The van der Waals surface area contributed by atoms with Crippen molar-refractivity contribution in [3.63, 3.8) is 0 Å². The second-order valence-corrected chi connectivity index (χ2v) is 7.21. The smallest absolute Gasteiger partial charge is 0.321 e. The van der Waals surface area contributed by atoms with Gasteiger partial charge in [0.2, 0.25) is 0 Å². The summed E-state index contributed by atoms with van der Waals surface area (Å²) in [5.74, 6) is 0.821. The summed E-state index contributed by atoms with van der Waals surface area (Å²) in [4.78, 5) is 19.6. The van der Waals surface area contributed by atoms with Crippen LogP contribution in [-0.2, 0) is 7.05 Å². The van der Waals surface area contributed by atoms with Gasteiger partial charge in [-0.25, -0.2) is 9.78 Å². The Bertz CT molecular complexity index is 725. The van der Waals surface area contributed by atoms with Gasteiger partial charge in [0.15, 0.2) is 0 Å². The fourth-order valence-corrected chi connectivity index (χ4v) is 3.65. The molecule has 0 bridgehead atoms. The first-order chi connectivity index (χ1) is 12.1. The molecule has 0 aliphatic carbocycles. The molecule has 3 rings (SSSR count). The van der Waals surface area contributed by atoms with Gasteiger partial charge in [-0.05, 0) is 43.2 Å². The van der Waals surface area contributed by atoms with Gasteiger partial charge in [-0.15, -0.1) is 11.8 Å². The number of hydrogen-bond donors (Lipinski definition) is 2. The number of rotatable bonds is 4. The number of benzene rings is 1. The lowest BCUT2D eigenvalue weighted by molar-refractivity contribution is 0.0600. The number of nitrogens with one attached hydrogen (secondary N) is 1. The lowest BCUT2D eigenvalue weighted by Gasteiger charge is -2.34. The number of carbonyl (C=O) groups excluding carboxylic acids is 1. The Morgan fingerprint density at radius 2 is 2.16 bits per heavy atom. The summed E-state index contributed by atoms with van der Waals surface area (Å²) in [6.45, 7) is 1.28. The molecule has 2 N–H and O–H groups in total. The molecule has 1 aromatic heterocycles. The summed E-state index contributed by atoms with van der Waals surface area (Å²) >= 11 is 1.65. The molecule has 25 heavy (non-hydrogen) atoms. The van der Waals surface area contributed by atoms with E-state index in [2.05, 4.69) is 10.3 Å². The van der Waals surface area contributed by atoms with Gasteiger partial charge in [0.25, 0.3) is 0 Å². The Morgan fingerprint density at radius 1 is 1.40 bits per heavy atom. The number of carbonyl (C=O) groups is 1. The highest BCUT2D eigenvalue weighted by Gasteiger charge is 2.30. The highest BCUT2D eigenvalue weighted by atomic mass is 32.2. The Hall–Kier alpha value is -1.99. The Kier molecular flexibility index (Phi) is 5.65. The van der Waals surface area contributed by atoms with Crippen LogP contribution >= 0.6 is 11.8 Å². The average molecular weight is 360 g/mol. The third kappa shape index (κ3) is 4.16. The lowest BCUT2D eigenvalue weighted by Crippen LogP contribution is -2.42. The molecule has 2 amide bonds. The largest absolute Gasteiger partial charge is 0.385 e. The van der Waals surface area contributed by atoms with E-state index in [9.17, 15) is 9.90 Å². The van der Waals surface area contributed by atoms with Crippen molar-refractivity contribution in [3.05, 3.63) is 42.5 Å². The first kappa shape index (κ1) is 17.8. The van der Waals surface area contributed by atoms with Gasteiger partial charge in [-0.2, -0.15) is 0 Å². The zero-order valence-electron chi connectivity index (χ0n) is 14.6. The minimum atomic E-state index is -0.580. The second kappa shape index (κ2) is 7.93. The first-order valence-electron chi connectivity index (χ1n) is 8.43. The number of nitrogens with zero attached hydrogens (tertiary/aromatic N) is 3. The van der Waals surface area contributed by atoms with Gasteiger partial charge in [-0.1, -0.05) is 6.07 Å². The van der Waals surface area contributed by atoms with E-state index in [4.69, 9.17) is 0 Å². The van der Waals surface area contributed by atoms with E-state index in [-0.39, 0.29) is 11.9 Å². The highest BCUT2D eigenvalue weighted by molar-refractivity contribution is 7.98. The molecule has 2 aromatic rings. The highest BCUT2D eigenvalue weighted by Crippen LogP contribution is 2.30. The van der Waals surface area contributed by atoms with Crippen molar-refractivity contribution in [1.82, 2.24) is 14.5 Å². The van der Waals surface area contributed by atoms with Crippen molar-refractivity contribution in [2.45, 2.75) is 23.8 Å². The zero-order valence-corrected chi connectivity index (χ0v) is 15.4. The monoisotopic (exact) mass is 360 g/mol. The van der Waals surface area contributed by atoms with E-state index < -0.39 is 6.10 Å². The fourth-order valence-electron chi connectivity index (χ4n) is 3.19. The van der Waals surface area contributed by atoms with Crippen molar-refractivity contribution >= 4 is 23.5 Å². The van der Waals surface area contributed by atoms with Crippen LogP contribution < -0.4 is 5.32 Å². The molecule has 0 spiro atoms. The van der Waals surface area contributed by atoms with E-state index in [1.807, 2.05) is 53.2 Å². The Morgan fingerprint density at radius 3 is 2.80 bits per heavy atom. The number of likely N-dealkylation sites (tertiary alicyclic amines) is 1. The van der Waals surface area contributed by atoms with E-state index >= 15 is 0 Å². The van der Waals surface area contributed by atoms with Gasteiger partial charge < -0.3 is 19.9 Å². The molecule has 1 aliphatic heterocycles. The number of aromatic nitrogens is 2. The maximum absolute atomic E-state index is 12.5. The van der Waals surface area contributed by atoms with Crippen LogP contribution in [0.15, 0.2) is 41.6 Å². The van der Waals surface area contributed by atoms with Crippen LogP contribution in [0, 0.1) is 5.92 Å². The summed E-state index contributed by atoms with van der Waals surface area (Å²) in [6, 6.07) is 7.75. The van der Waals surface area contributed by atoms with Crippen LogP contribution in [0.3, 0.4) is 0 Å². The van der Waals surface area contributed by atoms with Crippen molar-refractivity contribution in [1.29, 1.82) is 0 Å². The van der Waals surface area contributed by atoms with Crippen LogP contribution in [0.5, 0.6) is 0 Å². The Balaban J connectivity index is 1.54. The minimum absolute atomic E-state index is 0.0804. The number of amides is 2. The number of aliphatic hydroxyl groups excluding tert-OH is 1. The molecule has 134 valence electrons. The predicted octanol–water partition coefficient (Wildman–Crippen LogP) is 3.12. The third-order valence-electron chi connectivity index (χ3n) is 4.72. The van der Waals surface area contributed by atoms with Crippen LogP contribution in [0.2, 0.25) is 0 Å². The summed E-state index contributed by atoms with van der Waals surface area (Å²) in [6.07, 6.45) is 6.51. The molecule has 1 atom stereocenters. The molecule has 1 aromatic carbocycles. The number of hydrogen-bond acceptors (Lipinski definition) is 4. The number of anilines is 1. The third-order valence-corrected chi connectivity index (χ3v) is 5.44. The molecule has 0 unspecified atom stereocenters. The molecular formula is C18H24N4O2S. The SMILES string of the molecule is CSc1cccc(NC(=O)N2CCC([C@@H](O)c3nccn3C)CC2)c1. The van der Waals surface area contributed by atoms with Gasteiger partial charge >= 0.3 is 6.03 Å². The number of urea groups is 1. The van der Waals surface area contributed by atoms with E-state index in [0.717, 1.165) is 23.4 Å². The maximum Gasteiger partial charge on any atom is 0.321 e. The van der Waals surface area contributed by atoms with Gasteiger partial charge in [0.1, 0.15) is 11.9 Å². The van der Waals surface area contributed by atoms with Crippen molar-refractivity contribution in [3.8, 4) is 0 Å². The van der Waals surface area contributed by atoms with Crippen LogP contribution in [0.1, 0.15) is 24.8 Å². The van der Waals surface area contributed by atoms with E-state index in [1.165, 1.54) is 0 Å². The number of thioether (sulfide) groups is 1. The number of imidazole rings is 1.